The van der Waals surface area contributed by atoms with E-state index < -0.39 is 11.5 Å². The molecule has 0 saturated heterocycles. The van der Waals surface area contributed by atoms with Crippen LogP contribution in [-0.4, -0.2) is 38.1 Å². The molecule has 1 aromatic carbocycles. The lowest BCUT2D eigenvalue weighted by Gasteiger charge is -2.12. The number of hydrogen-bond donors (Lipinski definition) is 2. The van der Waals surface area contributed by atoms with Crippen molar-refractivity contribution in [2.24, 2.45) is 0 Å². The predicted octanol–water partition coefficient (Wildman–Crippen LogP) is 5.02. The highest BCUT2D eigenvalue weighted by Crippen LogP contribution is 2.31. The maximum absolute atomic E-state index is 13.3. The van der Waals surface area contributed by atoms with Crippen LogP contribution >= 0.6 is 11.6 Å². The van der Waals surface area contributed by atoms with Crippen LogP contribution in [0.15, 0.2) is 71.8 Å². The first-order valence-corrected chi connectivity index (χ1v) is 11.4. The molecular weight excluding hydrogens is 496 g/mol. The van der Waals surface area contributed by atoms with E-state index in [1.807, 2.05) is 43.3 Å². The molecule has 4 heterocycles. The van der Waals surface area contributed by atoms with Gasteiger partial charge in [0.25, 0.3) is 0 Å². The highest BCUT2D eigenvalue weighted by atomic mass is 35.5. The first-order chi connectivity index (χ1) is 17.9. The molecule has 0 aliphatic rings. The van der Waals surface area contributed by atoms with Gasteiger partial charge in [-0.1, -0.05) is 41.9 Å². The molecule has 5 rings (SSSR count). The second kappa shape index (κ2) is 10.0. The molecule has 0 radical (unpaired) electrons. The van der Waals surface area contributed by atoms with E-state index in [1.165, 1.54) is 25.6 Å². The van der Waals surface area contributed by atoms with E-state index in [2.05, 4.69) is 25.3 Å². The van der Waals surface area contributed by atoms with Crippen molar-refractivity contribution in [3.8, 4) is 34.1 Å². The molecule has 5 aromatic rings. The number of aromatic nitrogens is 5. The predicted molar refractivity (Wildman–Crippen MR) is 139 cm³/mol. The number of hydrogen-bond acceptors (Lipinski definition) is 8. The minimum Gasteiger partial charge on any atom is -0.481 e. The van der Waals surface area contributed by atoms with Gasteiger partial charge < -0.3 is 14.5 Å². The van der Waals surface area contributed by atoms with Gasteiger partial charge >= 0.3 is 6.09 Å². The standard InChI is InChI=1S/C26H19ClN6O4/c1-14-10-16(11-19(27)30-14)22-21(15-6-4-3-5-7-15)33-25-23(32-22)24(34)18(13-29-25)31-26(35)37-17-8-9-20(36-2)28-12-17/h3-13H,1-2H3,(H,31,35)(H,29,33,34). The van der Waals surface area contributed by atoms with Gasteiger partial charge in [-0.25, -0.2) is 24.7 Å². The second-order valence-electron chi connectivity index (χ2n) is 7.89. The van der Waals surface area contributed by atoms with Gasteiger partial charge in [0.1, 0.15) is 10.8 Å². The molecule has 1 amide bonds. The Morgan fingerprint density at radius 1 is 1.00 bits per heavy atom. The summed E-state index contributed by atoms with van der Waals surface area (Å²) in [4.78, 5) is 46.2. The molecule has 0 fully saturated rings. The van der Waals surface area contributed by atoms with Crippen molar-refractivity contribution < 1.29 is 14.3 Å². The minimum atomic E-state index is -0.873. The van der Waals surface area contributed by atoms with Crippen molar-refractivity contribution in [1.29, 1.82) is 0 Å². The maximum atomic E-state index is 13.3. The zero-order chi connectivity index (χ0) is 25.9. The number of halogens is 1. The lowest BCUT2D eigenvalue weighted by molar-refractivity contribution is 0.215. The van der Waals surface area contributed by atoms with Crippen LogP contribution in [0.25, 0.3) is 33.7 Å². The Morgan fingerprint density at radius 3 is 2.49 bits per heavy atom. The highest BCUT2D eigenvalue weighted by Gasteiger charge is 2.18. The number of carbonyl (C=O) groups is 1. The molecule has 0 atom stereocenters. The van der Waals surface area contributed by atoms with Crippen LogP contribution in [-0.2, 0) is 0 Å². The van der Waals surface area contributed by atoms with Gasteiger partial charge in [-0.05, 0) is 25.1 Å². The fraction of sp³-hybridized carbons (Fsp3) is 0.0769. The number of fused-ring (bicyclic) bond motifs is 1. The summed E-state index contributed by atoms with van der Waals surface area (Å²) in [7, 11) is 1.48. The SMILES string of the molecule is COc1ccc(OC(=O)Nc2c[nH]c3nc(-c4ccccc4)c(-c4cc(C)nc(Cl)c4)nc3c2=O)cn1. The number of H-pyrrole nitrogens is 1. The van der Waals surface area contributed by atoms with Crippen LogP contribution in [0.1, 0.15) is 5.69 Å². The summed E-state index contributed by atoms with van der Waals surface area (Å²) in [6.07, 6.45) is 1.80. The molecule has 0 bridgehead atoms. The van der Waals surface area contributed by atoms with E-state index in [9.17, 15) is 9.59 Å². The molecule has 37 heavy (non-hydrogen) atoms. The van der Waals surface area contributed by atoms with E-state index in [0.29, 0.717) is 28.5 Å². The quantitative estimate of drug-likeness (QED) is 0.312. The fourth-order valence-corrected chi connectivity index (χ4v) is 3.93. The molecule has 10 nitrogen and oxygen atoms in total. The van der Waals surface area contributed by atoms with Crippen molar-refractivity contribution in [1.82, 2.24) is 24.9 Å². The third kappa shape index (κ3) is 5.09. The van der Waals surface area contributed by atoms with Gasteiger partial charge in [0.05, 0.1) is 24.7 Å². The van der Waals surface area contributed by atoms with E-state index in [4.69, 9.17) is 26.1 Å². The Hall–Kier alpha value is -4.83. The molecule has 0 aliphatic heterocycles. The highest BCUT2D eigenvalue weighted by molar-refractivity contribution is 6.29. The number of amides is 1. The van der Waals surface area contributed by atoms with Crippen molar-refractivity contribution >= 4 is 34.5 Å². The monoisotopic (exact) mass is 514 g/mol. The smallest absolute Gasteiger partial charge is 0.417 e. The van der Waals surface area contributed by atoms with Crippen molar-refractivity contribution in [3.63, 3.8) is 0 Å². The number of rotatable bonds is 5. The number of carbonyl (C=O) groups excluding carboxylic acids is 1. The third-order valence-corrected chi connectivity index (χ3v) is 5.51. The molecule has 0 spiro atoms. The van der Waals surface area contributed by atoms with Gasteiger partial charge in [0.15, 0.2) is 16.9 Å². The molecular formula is C26H19ClN6O4. The number of nitrogens with one attached hydrogen (secondary N) is 2. The molecule has 11 heteroatoms. The Kier molecular flexibility index (Phi) is 6.48. The Morgan fingerprint density at radius 2 is 1.78 bits per heavy atom. The fourth-order valence-electron chi connectivity index (χ4n) is 3.67. The molecule has 0 aliphatic carbocycles. The number of anilines is 1. The van der Waals surface area contributed by atoms with Crippen molar-refractivity contribution in [2.45, 2.75) is 6.92 Å². The molecule has 184 valence electrons. The van der Waals surface area contributed by atoms with Crippen LogP contribution in [0.2, 0.25) is 5.15 Å². The third-order valence-electron chi connectivity index (χ3n) is 5.32. The van der Waals surface area contributed by atoms with Crippen LogP contribution in [0.5, 0.6) is 11.6 Å². The number of methoxy groups -OCH3 is 1. The lowest BCUT2D eigenvalue weighted by atomic mass is 10.0. The average Bonchev–Trinajstić information content (AvgIpc) is 2.90. The van der Waals surface area contributed by atoms with Gasteiger partial charge in [-0.15, -0.1) is 0 Å². The summed E-state index contributed by atoms with van der Waals surface area (Å²) in [5, 5.41) is 2.73. The lowest BCUT2D eigenvalue weighted by Crippen LogP contribution is -2.22. The zero-order valence-electron chi connectivity index (χ0n) is 19.7. The van der Waals surface area contributed by atoms with E-state index in [0.717, 1.165) is 5.56 Å². The zero-order valence-corrected chi connectivity index (χ0v) is 20.4. The summed E-state index contributed by atoms with van der Waals surface area (Å²) >= 11 is 6.21. The summed E-state index contributed by atoms with van der Waals surface area (Å²) < 4.78 is 10.2. The Bertz CT molecular complexity index is 1650. The van der Waals surface area contributed by atoms with Crippen molar-refractivity contribution in [2.75, 3.05) is 12.4 Å². The van der Waals surface area contributed by atoms with Crippen molar-refractivity contribution in [3.05, 3.63) is 88.1 Å². The normalized spacial score (nSPS) is 10.8. The molecule has 0 unspecified atom stereocenters. The van der Waals surface area contributed by atoms with Gasteiger partial charge in [0.2, 0.25) is 11.3 Å². The summed E-state index contributed by atoms with van der Waals surface area (Å²) in [6, 6.07) is 16.0. The Balaban J connectivity index is 1.56. The van der Waals surface area contributed by atoms with Gasteiger partial charge in [-0.3, -0.25) is 10.1 Å². The molecule has 0 saturated carbocycles. The van der Waals surface area contributed by atoms with Crippen LogP contribution < -0.4 is 20.2 Å². The van der Waals surface area contributed by atoms with E-state index in [1.54, 1.807) is 12.1 Å². The first-order valence-electron chi connectivity index (χ1n) is 11.0. The van der Waals surface area contributed by atoms with Gasteiger partial charge in [0, 0.05) is 29.1 Å². The maximum Gasteiger partial charge on any atom is 0.417 e. The molecule has 2 N–H and O–H groups in total. The largest absolute Gasteiger partial charge is 0.481 e. The minimum absolute atomic E-state index is 0.0317. The van der Waals surface area contributed by atoms with E-state index in [-0.39, 0.29) is 27.8 Å². The van der Waals surface area contributed by atoms with Crippen LogP contribution in [0, 0.1) is 6.92 Å². The number of aromatic amines is 1. The summed E-state index contributed by atoms with van der Waals surface area (Å²) in [5.74, 6) is 0.545. The first kappa shape index (κ1) is 23.9. The topological polar surface area (TPSA) is 132 Å². The summed E-state index contributed by atoms with van der Waals surface area (Å²) in [6.45, 7) is 1.81. The number of pyridine rings is 3. The average molecular weight is 515 g/mol. The van der Waals surface area contributed by atoms with E-state index >= 15 is 0 Å². The van der Waals surface area contributed by atoms with Crippen LogP contribution in [0.4, 0.5) is 10.5 Å². The number of ether oxygens (including phenoxy) is 2. The number of benzene rings is 1. The van der Waals surface area contributed by atoms with Crippen LogP contribution in [0.3, 0.4) is 0 Å². The summed E-state index contributed by atoms with van der Waals surface area (Å²) in [5.41, 5.74) is 2.82. The van der Waals surface area contributed by atoms with Gasteiger partial charge in [-0.2, -0.15) is 0 Å². The second-order valence-corrected chi connectivity index (χ2v) is 8.27. The Labute approximate surface area is 215 Å². The molecule has 4 aromatic heterocycles. The number of aryl methyl sites for hydroxylation is 1. The number of nitrogens with zero attached hydrogens (tertiary/aromatic N) is 4.